The second-order valence-corrected chi connectivity index (χ2v) is 5.96. The van der Waals surface area contributed by atoms with Crippen LogP contribution in [0.3, 0.4) is 0 Å². The molecule has 0 aliphatic carbocycles. The molecule has 1 aromatic carbocycles. The first-order valence-electron chi connectivity index (χ1n) is 5.52. The summed E-state index contributed by atoms with van der Waals surface area (Å²) in [6.07, 6.45) is 0. The highest BCUT2D eigenvalue weighted by Gasteiger charge is 2.21. The van der Waals surface area contributed by atoms with Crippen molar-refractivity contribution in [2.45, 2.75) is 4.90 Å². The van der Waals surface area contributed by atoms with Gasteiger partial charge >= 0.3 is 0 Å². The number of hydrogen-bond donors (Lipinski definition) is 1. The van der Waals surface area contributed by atoms with Crippen LogP contribution in [0.2, 0.25) is 5.02 Å². The van der Waals surface area contributed by atoms with Gasteiger partial charge in [0.15, 0.2) is 0 Å². The third-order valence-corrected chi connectivity index (χ3v) is 4.11. The summed E-state index contributed by atoms with van der Waals surface area (Å²) in [4.78, 5) is 2.66. The van der Waals surface area contributed by atoms with Crippen LogP contribution in [0.5, 0.6) is 5.75 Å². The highest BCUT2D eigenvalue weighted by Crippen LogP contribution is 2.29. The summed E-state index contributed by atoms with van der Waals surface area (Å²) in [7, 11) is -2.88. The lowest BCUT2D eigenvalue weighted by Gasteiger charge is -2.12. The Kier molecular flexibility index (Phi) is 4.29. The fraction of sp³-hybridized carbons (Fsp3) is 0.0833. The monoisotopic (exact) mass is 334 g/mol. The molecule has 0 saturated carbocycles. The van der Waals surface area contributed by atoms with E-state index < -0.39 is 27.6 Å². The zero-order valence-corrected chi connectivity index (χ0v) is 12.2. The van der Waals surface area contributed by atoms with Crippen LogP contribution in [0.15, 0.2) is 35.2 Å². The van der Waals surface area contributed by atoms with Crippen LogP contribution >= 0.6 is 11.6 Å². The maximum Gasteiger partial charge on any atom is 0.265 e. The van der Waals surface area contributed by atoms with E-state index >= 15 is 0 Å². The summed E-state index contributed by atoms with van der Waals surface area (Å²) in [5.41, 5.74) is -0.478. The molecule has 0 bridgehead atoms. The molecule has 0 amide bonds. The molecule has 0 unspecified atom stereocenters. The van der Waals surface area contributed by atoms with E-state index in [1.54, 1.807) is 0 Å². The average molecular weight is 335 g/mol. The molecule has 9 heteroatoms. The van der Waals surface area contributed by atoms with Gasteiger partial charge in [0.2, 0.25) is 11.9 Å². The first kappa shape index (κ1) is 15.5. The van der Waals surface area contributed by atoms with E-state index in [0.29, 0.717) is 0 Å². The van der Waals surface area contributed by atoms with Crippen molar-refractivity contribution in [3.8, 4) is 5.75 Å². The zero-order chi connectivity index (χ0) is 15.6. The van der Waals surface area contributed by atoms with E-state index in [1.807, 2.05) is 4.72 Å². The third-order valence-electron chi connectivity index (χ3n) is 2.47. The number of nitrogens with zero attached hydrogens (tertiary/aromatic N) is 1. The standard InChI is InChI=1S/C12H9ClF2N2O3S/c1-20-9-6-7(13)2-4-10(9)21(18,19)17-8-3-5-11(14)16-12(8)15/h2-6,17H,1H3. The molecule has 2 aromatic rings. The van der Waals surface area contributed by atoms with Gasteiger partial charge in [0.1, 0.15) is 16.3 Å². The lowest BCUT2D eigenvalue weighted by atomic mass is 10.3. The average Bonchev–Trinajstić information content (AvgIpc) is 2.41. The Bertz CT molecular complexity index is 784. The van der Waals surface area contributed by atoms with Gasteiger partial charge in [-0.05, 0) is 24.3 Å². The molecule has 5 nitrogen and oxygen atoms in total. The third kappa shape index (κ3) is 3.40. The Balaban J connectivity index is 2.43. The minimum atomic E-state index is -4.14. The number of sulfonamides is 1. The van der Waals surface area contributed by atoms with Crippen LogP contribution in [-0.2, 0) is 10.0 Å². The topological polar surface area (TPSA) is 68.3 Å². The number of hydrogen-bond acceptors (Lipinski definition) is 4. The molecule has 0 fully saturated rings. The minimum Gasteiger partial charge on any atom is -0.495 e. The van der Waals surface area contributed by atoms with Crippen molar-refractivity contribution < 1.29 is 21.9 Å². The number of methoxy groups -OCH3 is 1. The molecule has 2 rings (SSSR count). The fourth-order valence-corrected chi connectivity index (χ4v) is 2.92. The largest absolute Gasteiger partial charge is 0.495 e. The van der Waals surface area contributed by atoms with Crippen LogP contribution in [-0.4, -0.2) is 20.5 Å². The SMILES string of the molecule is COc1cc(Cl)ccc1S(=O)(=O)Nc1ccc(F)nc1F. The summed E-state index contributed by atoms with van der Waals surface area (Å²) in [6.45, 7) is 0. The second kappa shape index (κ2) is 5.82. The molecule has 21 heavy (non-hydrogen) atoms. The summed E-state index contributed by atoms with van der Waals surface area (Å²) >= 11 is 5.74. The lowest BCUT2D eigenvalue weighted by molar-refractivity contribution is 0.403. The lowest BCUT2D eigenvalue weighted by Crippen LogP contribution is -2.15. The van der Waals surface area contributed by atoms with Gasteiger partial charge in [0.05, 0.1) is 7.11 Å². The van der Waals surface area contributed by atoms with Gasteiger partial charge in [-0.2, -0.15) is 13.8 Å². The molecule has 0 saturated heterocycles. The highest BCUT2D eigenvalue weighted by atomic mass is 35.5. The van der Waals surface area contributed by atoms with E-state index in [0.717, 1.165) is 12.1 Å². The Morgan fingerprint density at radius 1 is 1.24 bits per heavy atom. The van der Waals surface area contributed by atoms with Crippen molar-refractivity contribution in [1.29, 1.82) is 0 Å². The van der Waals surface area contributed by atoms with Crippen LogP contribution in [0.4, 0.5) is 14.5 Å². The van der Waals surface area contributed by atoms with E-state index in [2.05, 4.69) is 4.98 Å². The number of nitrogens with one attached hydrogen (secondary N) is 1. The molecule has 1 N–H and O–H groups in total. The van der Waals surface area contributed by atoms with Gasteiger partial charge in [-0.3, -0.25) is 4.72 Å². The summed E-state index contributed by atoms with van der Waals surface area (Å²) in [5.74, 6) is -2.34. The van der Waals surface area contributed by atoms with E-state index in [-0.39, 0.29) is 15.7 Å². The van der Waals surface area contributed by atoms with Crippen molar-refractivity contribution in [3.63, 3.8) is 0 Å². The molecule has 0 spiro atoms. The van der Waals surface area contributed by atoms with Gasteiger partial charge in [-0.25, -0.2) is 8.42 Å². The van der Waals surface area contributed by atoms with Crippen molar-refractivity contribution in [2.75, 3.05) is 11.8 Å². The fourth-order valence-electron chi connectivity index (χ4n) is 1.55. The summed E-state index contributed by atoms with van der Waals surface area (Å²) in [6, 6.07) is 5.61. The number of ether oxygens (including phenoxy) is 1. The molecule has 1 aromatic heterocycles. The van der Waals surface area contributed by atoms with Gasteiger partial charge in [0, 0.05) is 11.1 Å². The number of rotatable bonds is 4. The molecule has 0 aliphatic rings. The van der Waals surface area contributed by atoms with Gasteiger partial charge in [-0.1, -0.05) is 11.6 Å². The van der Waals surface area contributed by atoms with Gasteiger partial charge < -0.3 is 4.74 Å². The molecule has 0 aliphatic heterocycles. The first-order valence-corrected chi connectivity index (χ1v) is 7.38. The molecule has 1 heterocycles. The Morgan fingerprint density at radius 3 is 2.57 bits per heavy atom. The van der Waals surface area contributed by atoms with Crippen LogP contribution in [0.1, 0.15) is 0 Å². The van der Waals surface area contributed by atoms with Crippen LogP contribution < -0.4 is 9.46 Å². The van der Waals surface area contributed by atoms with Crippen molar-refractivity contribution in [2.24, 2.45) is 0 Å². The van der Waals surface area contributed by atoms with Crippen molar-refractivity contribution >= 4 is 27.3 Å². The number of aromatic nitrogens is 1. The number of halogens is 3. The Morgan fingerprint density at radius 2 is 1.95 bits per heavy atom. The maximum absolute atomic E-state index is 13.4. The summed E-state index contributed by atoms with van der Waals surface area (Å²) < 4.78 is 57.4. The van der Waals surface area contributed by atoms with Crippen molar-refractivity contribution in [1.82, 2.24) is 4.98 Å². The smallest absolute Gasteiger partial charge is 0.265 e. The Labute approximate surface area is 124 Å². The molecular formula is C12H9ClF2N2O3S. The molecule has 112 valence electrons. The normalized spacial score (nSPS) is 11.2. The predicted molar refractivity (Wildman–Crippen MR) is 73.0 cm³/mol. The highest BCUT2D eigenvalue weighted by molar-refractivity contribution is 7.92. The maximum atomic E-state index is 13.4. The predicted octanol–water partition coefficient (Wildman–Crippen LogP) is 2.82. The van der Waals surface area contributed by atoms with E-state index in [4.69, 9.17) is 16.3 Å². The van der Waals surface area contributed by atoms with E-state index in [9.17, 15) is 17.2 Å². The van der Waals surface area contributed by atoms with Crippen LogP contribution in [0, 0.1) is 11.9 Å². The molecule has 0 atom stereocenters. The number of pyridine rings is 1. The molecular weight excluding hydrogens is 326 g/mol. The summed E-state index contributed by atoms with van der Waals surface area (Å²) in [5, 5.41) is 0.278. The van der Waals surface area contributed by atoms with Gasteiger partial charge in [0.25, 0.3) is 10.0 Å². The molecule has 0 radical (unpaired) electrons. The Hall–Kier alpha value is -1.93. The number of benzene rings is 1. The number of anilines is 1. The zero-order valence-electron chi connectivity index (χ0n) is 10.6. The second-order valence-electron chi connectivity index (χ2n) is 3.87. The quantitative estimate of drug-likeness (QED) is 0.873. The minimum absolute atomic E-state index is 0.00882. The van der Waals surface area contributed by atoms with E-state index in [1.165, 1.54) is 25.3 Å². The van der Waals surface area contributed by atoms with Gasteiger partial charge in [-0.15, -0.1) is 0 Å². The van der Waals surface area contributed by atoms with Crippen LogP contribution in [0.25, 0.3) is 0 Å². The van der Waals surface area contributed by atoms with Crippen molar-refractivity contribution in [3.05, 3.63) is 47.2 Å². The first-order chi connectivity index (χ1) is 9.83.